The predicted octanol–water partition coefficient (Wildman–Crippen LogP) is -1.66. The van der Waals surface area contributed by atoms with Gasteiger partial charge in [-0.2, -0.15) is 0 Å². The van der Waals surface area contributed by atoms with Crippen molar-refractivity contribution in [3.8, 4) is 0 Å². The van der Waals surface area contributed by atoms with Crippen LogP contribution in [-0.4, -0.2) is 213 Å². The molecule has 0 spiro atoms. The SMILES string of the molecule is CC(C)[C@@H]1NC(=O)[C@H](Cc2c[nH]c3ccccc23)NC(=O)[C@H](C(C)C)NC(=O)[C@H](C(C)C)NC(=O)[C@H](Cc2c[nH]c3ccccc23)NC(=O)[C@H](CC(=O)O)NC(=O)[C@H](CCCCN)NC(=O)CNC(=O)[C@H](CO)NC(=O)[C@H](CCCNC(=N)N)NC(=O)[C@@H](Cc2ccc3ccccc3c2)NC(=O)CSC[C@@H](C(N)=O)NC1=O. The third kappa shape index (κ3) is 26.0. The summed E-state index contributed by atoms with van der Waals surface area (Å²) in [7, 11) is 0. The Hall–Kier alpha value is -11.7. The normalized spacial score (nSPS) is 22.9. The van der Waals surface area contributed by atoms with Crippen molar-refractivity contribution in [2.45, 2.75) is 166 Å². The number of primary amides is 1. The zero-order valence-corrected chi connectivity index (χ0v) is 64.1. The van der Waals surface area contributed by atoms with Crippen LogP contribution in [0.25, 0.3) is 32.6 Å². The summed E-state index contributed by atoms with van der Waals surface area (Å²) in [4.78, 5) is 206. The number of thioether (sulfide) groups is 1. The third-order valence-corrected chi connectivity index (χ3v) is 19.8. The first-order valence-electron chi connectivity index (χ1n) is 37.0. The fraction of sp³-hybridized carbons (Fsp3) is 0.461. The maximum absolute atomic E-state index is 15.0. The second kappa shape index (κ2) is 42.5. The van der Waals surface area contributed by atoms with Crippen molar-refractivity contribution in [1.29, 1.82) is 5.41 Å². The number of carbonyl (C=O) groups is 14. The Morgan fingerprint density at radius 3 is 1.49 bits per heavy atom. The number of nitrogens with two attached hydrogens (primary N) is 3. The molecular formula is C76H103N19O16S. The van der Waals surface area contributed by atoms with Crippen molar-refractivity contribution < 1.29 is 77.3 Å². The maximum atomic E-state index is 15.0. The number of unbranched alkanes of at least 4 members (excludes halogenated alkanes) is 1. The van der Waals surface area contributed by atoms with Gasteiger partial charge in [-0.1, -0.05) is 120 Å². The van der Waals surface area contributed by atoms with Gasteiger partial charge in [-0.05, 0) is 96.0 Å². The first-order chi connectivity index (χ1) is 53.3. The minimum atomic E-state index is -1.95. The number of carboxylic acid groups (broad SMARTS) is 1. The lowest BCUT2D eigenvalue weighted by Crippen LogP contribution is -2.62. The summed E-state index contributed by atoms with van der Waals surface area (Å²) in [6.45, 7) is 7.84. The van der Waals surface area contributed by atoms with E-state index in [4.69, 9.17) is 22.6 Å². The number of fused-ring (bicyclic) bond motifs is 3. The van der Waals surface area contributed by atoms with Crippen molar-refractivity contribution >= 4 is 133 Å². The molecule has 13 amide bonds. The number of carbonyl (C=O) groups excluding carboxylic acids is 13. The van der Waals surface area contributed by atoms with E-state index < -0.39 is 198 Å². The number of rotatable bonds is 21. The van der Waals surface area contributed by atoms with Crippen molar-refractivity contribution in [2.75, 3.05) is 37.7 Å². The average molecular weight is 1570 g/mol. The highest BCUT2D eigenvalue weighted by molar-refractivity contribution is 8.00. The number of H-pyrrole nitrogens is 2. The van der Waals surface area contributed by atoms with Crippen LogP contribution < -0.4 is 86.3 Å². The number of carboxylic acids is 1. The number of aromatic amines is 2. The topological polar surface area (TPSA) is 569 Å². The number of aliphatic hydroxyl groups is 1. The van der Waals surface area contributed by atoms with Crippen LogP contribution >= 0.6 is 11.8 Å². The highest BCUT2D eigenvalue weighted by Crippen LogP contribution is 2.23. The number of aromatic nitrogens is 2. The van der Waals surface area contributed by atoms with Gasteiger partial charge >= 0.3 is 5.97 Å². The number of benzene rings is 4. The van der Waals surface area contributed by atoms with Crippen LogP contribution in [0.2, 0.25) is 0 Å². The summed E-state index contributed by atoms with van der Waals surface area (Å²) < 4.78 is 0. The van der Waals surface area contributed by atoms with E-state index in [-0.39, 0.29) is 63.8 Å². The van der Waals surface area contributed by atoms with Gasteiger partial charge in [0.25, 0.3) is 0 Å². The van der Waals surface area contributed by atoms with Crippen LogP contribution in [0.3, 0.4) is 0 Å². The largest absolute Gasteiger partial charge is 0.481 e. The van der Waals surface area contributed by atoms with E-state index in [9.17, 15) is 77.3 Å². The molecule has 1 fully saturated rings. The summed E-state index contributed by atoms with van der Waals surface area (Å²) in [5.74, 6) is -17.5. The van der Waals surface area contributed by atoms with E-state index in [0.717, 1.165) is 22.5 Å². The van der Waals surface area contributed by atoms with E-state index in [2.05, 4.69) is 79.1 Å². The molecule has 0 unspecified atom stereocenters. The highest BCUT2D eigenvalue weighted by Gasteiger charge is 2.39. The molecule has 604 valence electrons. The zero-order valence-electron chi connectivity index (χ0n) is 63.3. The van der Waals surface area contributed by atoms with Gasteiger partial charge in [0.15, 0.2) is 5.96 Å². The summed E-state index contributed by atoms with van der Waals surface area (Å²) in [6, 6.07) is 9.65. The molecular weight excluding hydrogens is 1470 g/mol. The number of amides is 13. The first kappa shape index (κ1) is 87.6. The van der Waals surface area contributed by atoms with Gasteiger partial charge in [-0.15, -0.1) is 11.8 Å². The smallest absolute Gasteiger partial charge is 0.305 e. The molecule has 36 heteroatoms. The molecule has 0 bridgehead atoms. The third-order valence-electron chi connectivity index (χ3n) is 18.8. The van der Waals surface area contributed by atoms with E-state index >= 15 is 0 Å². The predicted molar refractivity (Wildman–Crippen MR) is 418 cm³/mol. The second-order valence-electron chi connectivity index (χ2n) is 28.5. The van der Waals surface area contributed by atoms with Crippen LogP contribution in [0.15, 0.2) is 103 Å². The quantitative estimate of drug-likeness (QED) is 0.0218. The molecule has 0 radical (unpaired) electrons. The second-order valence-corrected chi connectivity index (χ2v) is 29.5. The maximum Gasteiger partial charge on any atom is 0.305 e. The van der Waals surface area contributed by atoms with E-state index in [1.54, 1.807) is 127 Å². The highest BCUT2D eigenvalue weighted by atomic mass is 32.2. The minimum Gasteiger partial charge on any atom is -0.481 e. The fourth-order valence-electron chi connectivity index (χ4n) is 12.6. The number of aliphatic carboxylic acids is 1. The van der Waals surface area contributed by atoms with Gasteiger partial charge in [0.2, 0.25) is 76.8 Å². The summed E-state index contributed by atoms with van der Waals surface area (Å²) in [5, 5.41) is 64.9. The molecule has 1 aliphatic rings. The molecule has 1 saturated heterocycles. The number of hydrogen-bond acceptors (Lipinski definition) is 18. The van der Waals surface area contributed by atoms with Crippen LogP contribution in [0, 0.1) is 23.2 Å². The molecule has 4 aromatic carbocycles. The lowest BCUT2D eigenvalue weighted by molar-refractivity contribution is -0.141. The molecule has 2 aromatic heterocycles. The number of para-hydroxylation sites is 2. The van der Waals surface area contributed by atoms with Gasteiger partial charge in [0.1, 0.15) is 66.5 Å². The number of hydrogen-bond donors (Lipinski definition) is 21. The zero-order chi connectivity index (χ0) is 81.9. The van der Waals surface area contributed by atoms with Gasteiger partial charge in [-0.25, -0.2) is 0 Å². The Bertz CT molecular complexity index is 4380. The Balaban J connectivity index is 1.25. The molecule has 7 rings (SSSR count). The summed E-state index contributed by atoms with van der Waals surface area (Å²) in [5.41, 5.74) is 20.1. The van der Waals surface area contributed by atoms with Gasteiger partial charge < -0.3 is 107 Å². The van der Waals surface area contributed by atoms with E-state index in [1.807, 2.05) is 18.2 Å². The Kier molecular flexibility index (Phi) is 33.2. The number of nitrogens with one attached hydrogen (secondary N) is 16. The summed E-state index contributed by atoms with van der Waals surface area (Å²) in [6.07, 6.45) is 1.73. The lowest BCUT2D eigenvalue weighted by atomic mass is 9.97. The monoisotopic (exact) mass is 1570 g/mol. The standard InChI is InChI=1S/C76H103N19O16S/c1-39(2)62-74(110)92-58(65(78)101)37-112-38-60(98)86-53(29-42-24-25-43-16-7-8-17-44(43)28-42)69(105)87-52(23-15-27-81-76(79)80)68(104)91-57(36-96)66(102)84-35-59(97)85-51(22-13-14-26-77)67(103)89-56(32-61(99)100)70(106)88-54(30-45-33-82-49-20-11-9-18-47(45)49)71(107)94-64(41(5)6)75(111)95-63(40(3)4)73(109)90-55(72(108)93-62)31-46-34-83-50-21-12-10-19-48(46)50/h7-12,16-21,24-25,28,33-34,39-41,51-58,62-64,82-83,96H,13-15,22-23,26-27,29-32,35-38,77H2,1-6H3,(H2,78,101)(H,84,102)(H,85,97)(H,86,98)(H,87,105)(H,88,106)(H,89,103)(H,90,109)(H,91,104)(H,92,110)(H,93,108)(H,94,107)(H,95,111)(H,99,100)(H4,79,80,81)/t51-,52-,53+,54-,55-,56-,57-,58-,62-,63-,64-/m0/s1. The molecule has 3 heterocycles. The van der Waals surface area contributed by atoms with Crippen molar-refractivity contribution in [2.24, 2.45) is 35.0 Å². The number of guanidine groups is 1. The van der Waals surface area contributed by atoms with Crippen molar-refractivity contribution in [1.82, 2.24) is 79.1 Å². The van der Waals surface area contributed by atoms with Crippen LogP contribution in [-0.2, 0) is 86.4 Å². The molecule has 0 saturated carbocycles. The van der Waals surface area contributed by atoms with E-state index in [1.165, 1.54) is 0 Å². The lowest BCUT2D eigenvalue weighted by Gasteiger charge is -2.30. The fourth-order valence-corrected chi connectivity index (χ4v) is 13.5. The van der Waals surface area contributed by atoms with Gasteiger partial charge in [-0.3, -0.25) is 72.5 Å². The van der Waals surface area contributed by atoms with E-state index in [0.29, 0.717) is 44.9 Å². The van der Waals surface area contributed by atoms with Gasteiger partial charge in [0.05, 0.1) is 25.3 Å². The van der Waals surface area contributed by atoms with Crippen LogP contribution in [0.1, 0.15) is 96.8 Å². The first-order valence-corrected chi connectivity index (χ1v) is 38.1. The molecule has 112 heavy (non-hydrogen) atoms. The van der Waals surface area contributed by atoms with Crippen molar-refractivity contribution in [3.63, 3.8) is 0 Å². The molecule has 6 aromatic rings. The minimum absolute atomic E-state index is 0.0128. The molecule has 1 aliphatic heterocycles. The average Bonchev–Trinajstić information content (AvgIpc) is 1.60. The van der Waals surface area contributed by atoms with Crippen LogP contribution in [0.4, 0.5) is 0 Å². The Labute approximate surface area is 650 Å². The molecule has 24 N–H and O–H groups in total. The molecule has 11 atom stereocenters. The summed E-state index contributed by atoms with van der Waals surface area (Å²) >= 11 is 0.845. The number of aliphatic hydroxyl groups excluding tert-OH is 1. The Morgan fingerprint density at radius 1 is 0.500 bits per heavy atom. The Morgan fingerprint density at radius 2 is 0.946 bits per heavy atom. The van der Waals surface area contributed by atoms with Crippen LogP contribution in [0.5, 0.6) is 0 Å². The van der Waals surface area contributed by atoms with Gasteiger partial charge in [0, 0.05) is 65.8 Å². The molecule has 35 nitrogen and oxygen atoms in total. The van der Waals surface area contributed by atoms with Crippen molar-refractivity contribution in [3.05, 3.63) is 120 Å². The molecule has 0 aliphatic carbocycles.